The maximum absolute atomic E-state index is 13.5. The van der Waals surface area contributed by atoms with E-state index in [1.54, 1.807) is 13.8 Å². The molecule has 3 heterocycles. The topological polar surface area (TPSA) is 118 Å². The zero-order chi connectivity index (χ0) is 31.1. The molecule has 2 aromatic heterocycles. The number of anilines is 2. The summed E-state index contributed by atoms with van der Waals surface area (Å²) in [5.41, 5.74) is -1.05. The number of aryl methyl sites for hydroxylation is 1. The van der Waals surface area contributed by atoms with Crippen LogP contribution >= 0.6 is 0 Å². The fourth-order valence-corrected chi connectivity index (χ4v) is 4.39. The lowest BCUT2D eigenvalue weighted by molar-refractivity contribution is -0.143. The highest BCUT2D eigenvalue weighted by Crippen LogP contribution is 2.40. The van der Waals surface area contributed by atoms with Gasteiger partial charge in [-0.1, -0.05) is 12.0 Å². The zero-order valence-electron chi connectivity index (χ0n) is 23.1. The summed E-state index contributed by atoms with van der Waals surface area (Å²) in [5.74, 6) is -0.00423. The van der Waals surface area contributed by atoms with Gasteiger partial charge in [-0.3, -0.25) is 9.78 Å². The van der Waals surface area contributed by atoms with Crippen LogP contribution in [-0.2, 0) is 35.0 Å². The molecule has 0 saturated carbocycles. The molecule has 230 valence electrons. The number of pyridine rings is 1. The molecule has 0 fully saturated rings. The molecule has 0 spiro atoms. The highest BCUT2D eigenvalue weighted by Gasteiger charge is 2.38. The third-order valence-corrected chi connectivity index (χ3v) is 6.35. The van der Waals surface area contributed by atoms with E-state index in [0.717, 1.165) is 4.80 Å². The molecule has 0 saturated heterocycles. The highest BCUT2D eigenvalue weighted by atomic mass is 19.4. The van der Waals surface area contributed by atoms with Crippen LogP contribution in [-0.4, -0.2) is 56.0 Å². The molecular formula is C26H31F6N7O3. The van der Waals surface area contributed by atoms with E-state index in [1.807, 2.05) is 19.1 Å². The Morgan fingerprint density at radius 3 is 2.31 bits per heavy atom. The number of rotatable bonds is 9. The number of carbonyl (C=O) groups excluding carboxylic acids is 1. The number of alkyl halides is 6. The van der Waals surface area contributed by atoms with Gasteiger partial charge in [0.2, 0.25) is 0 Å². The first-order chi connectivity index (χ1) is 19.8. The number of hydrogen-bond acceptors (Lipinski definition) is 9. The number of ether oxygens (including phenoxy) is 1. The first kappa shape index (κ1) is 32.6. The highest BCUT2D eigenvalue weighted by molar-refractivity contribution is 5.55. The molecule has 0 amide bonds. The SMILES string of the molecule is CCOC=O.CC[C@@H]1C[C@H](N(Cc2cc(C(F)(F)F)cc(C(F)(F)F)c2)c2nnn(CCO)n2)c2nc(C)ccc2N1. The number of aliphatic hydroxyl groups is 1. The van der Waals surface area contributed by atoms with Crippen LogP contribution in [0.25, 0.3) is 0 Å². The average molecular weight is 604 g/mol. The van der Waals surface area contributed by atoms with Crippen molar-refractivity contribution in [2.45, 2.75) is 71.1 Å². The van der Waals surface area contributed by atoms with Crippen LogP contribution in [0.1, 0.15) is 60.8 Å². The number of hydrogen-bond donors (Lipinski definition) is 2. The van der Waals surface area contributed by atoms with Gasteiger partial charge < -0.3 is 20.1 Å². The second kappa shape index (κ2) is 13.8. The lowest BCUT2D eigenvalue weighted by atomic mass is 9.93. The lowest BCUT2D eigenvalue weighted by Gasteiger charge is -2.38. The predicted octanol–water partition coefficient (Wildman–Crippen LogP) is 4.93. The molecule has 16 heteroatoms. The minimum absolute atomic E-state index is 0.00423. The number of carbonyl (C=O) groups is 1. The van der Waals surface area contributed by atoms with Crippen LogP contribution in [0.2, 0.25) is 0 Å². The van der Waals surface area contributed by atoms with Crippen molar-refractivity contribution in [2.24, 2.45) is 0 Å². The predicted molar refractivity (Wildman–Crippen MR) is 139 cm³/mol. The quantitative estimate of drug-likeness (QED) is 0.259. The fourth-order valence-electron chi connectivity index (χ4n) is 4.39. The molecule has 0 unspecified atom stereocenters. The van der Waals surface area contributed by atoms with Crippen molar-refractivity contribution < 1.29 is 41.0 Å². The van der Waals surface area contributed by atoms with Gasteiger partial charge in [0.05, 0.1) is 48.3 Å². The Balaban J connectivity index is 0.000000892. The van der Waals surface area contributed by atoms with Crippen LogP contribution < -0.4 is 10.2 Å². The Hall–Kier alpha value is -3.95. The normalized spacial score (nSPS) is 16.5. The molecule has 1 aliphatic rings. The van der Waals surface area contributed by atoms with Gasteiger partial charge >= 0.3 is 12.4 Å². The summed E-state index contributed by atoms with van der Waals surface area (Å²) in [6, 6.07) is 4.53. The van der Waals surface area contributed by atoms with Crippen LogP contribution in [0.5, 0.6) is 0 Å². The monoisotopic (exact) mass is 603 g/mol. The molecule has 0 radical (unpaired) electrons. The Morgan fingerprint density at radius 1 is 1.12 bits per heavy atom. The average Bonchev–Trinajstić information content (AvgIpc) is 3.39. The minimum atomic E-state index is -4.98. The van der Waals surface area contributed by atoms with E-state index in [9.17, 15) is 36.2 Å². The van der Waals surface area contributed by atoms with Crippen LogP contribution in [0.4, 0.5) is 38.0 Å². The van der Waals surface area contributed by atoms with Crippen molar-refractivity contribution >= 4 is 18.1 Å². The van der Waals surface area contributed by atoms with Gasteiger partial charge in [-0.25, -0.2) is 0 Å². The summed E-state index contributed by atoms with van der Waals surface area (Å²) in [6.45, 7) is 5.77. The molecule has 2 N–H and O–H groups in total. The summed E-state index contributed by atoms with van der Waals surface area (Å²) in [6.07, 6.45) is -8.79. The van der Waals surface area contributed by atoms with Gasteiger partial charge in [-0.05, 0) is 67.8 Å². The second-order valence-corrected chi connectivity index (χ2v) is 9.39. The number of benzene rings is 1. The standard InChI is InChI=1S/C23H25F6N7O.C3H6O2/c1-3-17-11-19(20-18(31-17)5-4-13(2)30-20)35(21-32-34-36(33-21)6-7-37)12-14-8-15(22(24,25)26)10-16(9-14)23(27,28)29;1-2-5-3-4/h4-5,8-10,17,19,31,37H,3,6-7,11-12H2,1-2H3;3H,2H2,1H3/t17-,19+;/m1./s1. The first-order valence-corrected chi connectivity index (χ1v) is 13.0. The summed E-state index contributed by atoms with van der Waals surface area (Å²) in [4.78, 5) is 16.4. The molecule has 1 aliphatic heterocycles. The lowest BCUT2D eigenvalue weighted by Crippen LogP contribution is -2.38. The molecule has 0 aliphatic carbocycles. The number of halogens is 6. The van der Waals surface area contributed by atoms with Gasteiger partial charge in [-0.2, -0.15) is 31.1 Å². The number of fused-ring (bicyclic) bond motifs is 1. The van der Waals surface area contributed by atoms with E-state index in [4.69, 9.17) is 0 Å². The number of tetrazole rings is 1. The Kier molecular flexibility index (Phi) is 10.7. The number of aliphatic hydroxyl groups excluding tert-OH is 1. The van der Waals surface area contributed by atoms with E-state index >= 15 is 0 Å². The summed E-state index contributed by atoms with van der Waals surface area (Å²) < 4.78 is 85.3. The Bertz CT molecular complexity index is 1300. The second-order valence-electron chi connectivity index (χ2n) is 9.39. The third kappa shape index (κ3) is 8.30. The van der Waals surface area contributed by atoms with Crippen LogP contribution in [0.15, 0.2) is 30.3 Å². The van der Waals surface area contributed by atoms with Crippen molar-refractivity contribution in [3.05, 3.63) is 58.4 Å². The number of nitrogens with one attached hydrogen (secondary N) is 1. The summed E-state index contributed by atoms with van der Waals surface area (Å²) >= 11 is 0. The Labute approximate surface area is 237 Å². The maximum atomic E-state index is 13.5. The van der Waals surface area contributed by atoms with E-state index in [0.29, 0.717) is 55.1 Å². The van der Waals surface area contributed by atoms with E-state index in [-0.39, 0.29) is 43.3 Å². The van der Waals surface area contributed by atoms with Crippen molar-refractivity contribution in [1.29, 1.82) is 0 Å². The fraction of sp³-hybridized carbons (Fsp3) is 0.500. The van der Waals surface area contributed by atoms with Gasteiger partial charge in [0.25, 0.3) is 12.4 Å². The van der Waals surface area contributed by atoms with E-state index < -0.39 is 29.5 Å². The smallest absolute Gasteiger partial charge is 0.416 e. The van der Waals surface area contributed by atoms with E-state index in [1.165, 1.54) is 4.90 Å². The molecule has 2 atom stereocenters. The van der Waals surface area contributed by atoms with E-state index in [2.05, 4.69) is 30.4 Å². The summed E-state index contributed by atoms with van der Waals surface area (Å²) in [5, 5.41) is 24.7. The molecule has 10 nitrogen and oxygen atoms in total. The molecule has 4 rings (SSSR count). The molecule has 3 aromatic rings. The zero-order valence-corrected chi connectivity index (χ0v) is 23.1. The first-order valence-electron chi connectivity index (χ1n) is 13.0. The van der Waals surface area contributed by atoms with Gasteiger partial charge in [0, 0.05) is 18.3 Å². The number of aromatic nitrogens is 5. The third-order valence-electron chi connectivity index (χ3n) is 6.35. The van der Waals surface area contributed by atoms with Gasteiger partial charge in [0.15, 0.2) is 0 Å². The molecular weight excluding hydrogens is 572 g/mol. The van der Waals surface area contributed by atoms with Crippen LogP contribution in [0.3, 0.4) is 0 Å². The van der Waals surface area contributed by atoms with Crippen molar-refractivity contribution in [1.82, 2.24) is 25.2 Å². The van der Waals surface area contributed by atoms with Crippen molar-refractivity contribution in [3.8, 4) is 0 Å². The van der Waals surface area contributed by atoms with Crippen LogP contribution in [0, 0.1) is 6.92 Å². The number of nitrogens with zero attached hydrogens (tertiary/aromatic N) is 6. The van der Waals surface area contributed by atoms with Crippen molar-refractivity contribution in [3.63, 3.8) is 0 Å². The summed E-state index contributed by atoms with van der Waals surface area (Å²) in [7, 11) is 0. The minimum Gasteiger partial charge on any atom is -0.468 e. The molecule has 42 heavy (non-hydrogen) atoms. The molecule has 1 aromatic carbocycles. The Morgan fingerprint density at radius 2 is 1.79 bits per heavy atom. The molecule has 0 bridgehead atoms. The van der Waals surface area contributed by atoms with Gasteiger partial charge in [-0.15, -0.1) is 5.10 Å². The van der Waals surface area contributed by atoms with Gasteiger partial charge in [0.1, 0.15) is 0 Å². The van der Waals surface area contributed by atoms with Crippen molar-refractivity contribution in [2.75, 3.05) is 23.4 Å². The maximum Gasteiger partial charge on any atom is 0.416 e. The largest absolute Gasteiger partial charge is 0.468 e.